The van der Waals surface area contributed by atoms with Gasteiger partial charge in [-0.05, 0) is 56.9 Å². The number of nitrogens with zero attached hydrogens (tertiary/aromatic N) is 1. The van der Waals surface area contributed by atoms with E-state index in [1.54, 1.807) is 0 Å². The average molecular weight is 429 g/mol. The third-order valence-electron chi connectivity index (χ3n) is 3.52. The largest absolute Gasteiger partial charge is 0.492 e. The van der Waals surface area contributed by atoms with Crippen molar-refractivity contribution in [1.29, 1.82) is 0 Å². The first-order valence-electron chi connectivity index (χ1n) is 8.08. The maximum atomic E-state index is 5.79. The molecule has 0 bridgehead atoms. The smallest absolute Gasteiger partial charge is 0.191 e. The van der Waals surface area contributed by atoms with Gasteiger partial charge in [-0.15, -0.1) is 24.0 Å². The maximum absolute atomic E-state index is 5.79. The van der Waals surface area contributed by atoms with Gasteiger partial charge in [-0.25, -0.2) is 4.99 Å². The predicted octanol–water partition coefficient (Wildman–Crippen LogP) is 3.57. The normalized spacial score (nSPS) is 14.5. The molecule has 0 saturated carbocycles. The van der Waals surface area contributed by atoms with Crippen molar-refractivity contribution in [2.24, 2.45) is 4.99 Å². The molecule has 128 valence electrons. The Hall–Kier alpha value is -1.24. The fourth-order valence-corrected chi connectivity index (χ4v) is 2.59. The van der Waals surface area contributed by atoms with E-state index in [-0.39, 0.29) is 24.0 Å². The molecule has 0 heterocycles. The van der Waals surface area contributed by atoms with E-state index in [1.807, 2.05) is 0 Å². The van der Waals surface area contributed by atoms with Gasteiger partial charge < -0.3 is 15.4 Å². The second-order valence-corrected chi connectivity index (χ2v) is 5.72. The predicted molar refractivity (Wildman–Crippen MR) is 108 cm³/mol. The van der Waals surface area contributed by atoms with Crippen LogP contribution in [-0.2, 0) is 0 Å². The summed E-state index contributed by atoms with van der Waals surface area (Å²) in [6.07, 6.45) is 6.57. The Kier molecular flexibility index (Phi) is 9.06. The summed E-state index contributed by atoms with van der Waals surface area (Å²) in [7, 11) is 0. The number of halogens is 1. The highest BCUT2D eigenvalue weighted by molar-refractivity contribution is 14.0. The lowest BCUT2D eigenvalue weighted by atomic mass is 10.1. The van der Waals surface area contributed by atoms with E-state index in [4.69, 9.17) is 4.74 Å². The third-order valence-corrected chi connectivity index (χ3v) is 3.52. The number of nitrogens with one attached hydrogen (secondary N) is 2. The molecule has 1 aliphatic rings. The lowest BCUT2D eigenvalue weighted by Gasteiger charge is -2.16. The summed E-state index contributed by atoms with van der Waals surface area (Å²) in [6.45, 7) is 8.34. The van der Waals surface area contributed by atoms with Gasteiger partial charge in [0.25, 0.3) is 0 Å². The average Bonchev–Trinajstić information content (AvgIpc) is 2.95. The third kappa shape index (κ3) is 7.24. The molecular weight excluding hydrogens is 401 g/mol. The molecule has 2 rings (SSSR count). The second kappa shape index (κ2) is 10.5. The van der Waals surface area contributed by atoms with Gasteiger partial charge in [-0.3, -0.25) is 0 Å². The SMILES string of the molecule is CCNC(=NCCOc1cc(C)cc(C)c1)NC1CC=CC1.I. The minimum absolute atomic E-state index is 0. The van der Waals surface area contributed by atoms with Crippen LogP contribution in [0.15, 0.2) is 35.3 Å². The molecule has 1 aliphatic carbocycles. The van der Waals surface area contributed by atoms with Gasteiger partial charge >= 0.3 is 0 Å². The van der Waals surface area contributed by atoms with Crippen LogP contribution in [0.25, 0.3) is 0 Å². The molecule has 0 aliphatic heterocycles. The van der Waals surface area contributed by atoms with Crippen LogP contribution < -0.4 is 15.4 Å². The van der Waals surface area contributed by atoms with Crippen LogP contribution in [0.3, 0.4) is 0 Å². The lowest BCUT2D eigenvalue weighted by molar-refractivity contribution is 0.328. The lowest BCUT2D eigenvalue weighted by Crippen LogP contribution is -2.42. The zero-order valence-corrected chi connectivity index (χ0v) is 16.6. The molecule has 0 unspecified atom stereocenters. The van der Waals surface area contributed by atoms with Crippen LogP contribution in [-0.4, -0.2) is 31.7 Å². The van der Waals surface area contributed by atoms with E-state index in [9.17, 15) is 0 Å². The van der Waals surface area contributed by atoms with E-state index in [1.165, 1.54) is 11.1 Å². The van der Waals surface area contributed by atoms with Crippen LogP contribution in [0.4, 0.5) is 0 Å². The highest BCUT2D eigenvalue weighted by Gasteiger charge is 2.11. The number of hydrogen-bond donors (Lipinski definition) is 2. The highest BCUT2D eigenvalue weighted by atomic mass is 127. The number of benzene rings is 1. The van der Waals surface area contributed by atoms with Crippen molar-refractivity contribution in [1.82, 2.24) is 10.6 Å². The summed E-state index contributed by atoms with van der Waals surface area (Å²) in [6, 6.07) is 6.74. The summed E-state index contributed by atoms with van der Waals surface area (Å²) < 4.78 is 5.79. The molecule has 1 aromatic carbocycles. The molecule has 5 heteroatoms. The van der Waals surface area contributed by atoms with Crippen molar-refractivity contribution in [2.75, 3.05) is 19.7 Å². The molecule has 0 amide bonds. The van der Waals surface area contributed by atoms with Crippen molar-refractivity contribution in [3.63, 3.8) is 0 Å². The Balaban J connectivity index is 0.00000264. The summed E-state index contributed by atoms with van der Waals surface area (Å²) >= 11 is 0. The molecule has 0 atom stereocenters. The van der Waals surface area contributed by atoms with Gasteiger partial charge in [0, 0.05) is 12.6 Å². The molecule has 4 nitrogen and oxygen atoms in total. The van der Waals surface area contributed by atoms with Crippen molar-refractivity contribution >= 4 is 29.9 Å². The number of rotatable bonds is 6. The van der Waals surface area contributed by atoms with Crippen molar-refractivity contribution < 1.29 is 4.74 Å². The summed E-state index contributed by atoms with van der Waals surface area (Å²) in [5, 5.41) is 6.74. The Bertz CT molecular complexity index is 515. The second-order valence-electron chi connectivity index (χ2n) is 5.72. The standard InChI is InChI=1S/C18H27N3O.HI/c1-4-19-18(21-16-7-5-6-8-16)20-9-10-22-17-12-14(2)11-15(3)13-17;/h5-6,11-13,16H,4,7-10H2,1-3H3,(H2,19,20,21);1H. The Morgan fingerprint density at radius 2 is 1.83 bits per heavy atom. The molecule has 0 aromatic heterocycles. The quantitative estimate of drug-likeness (QED) is 0.239. The number of aliphatic imine (C=N–C) groups is 1. The molecule has 0 spiro atoms. The van der Waals surface area contributed by atoms with E-state index >= 15 is 0 Å². The van der Waals surface area contributed by atoms with E-state index < -0.39 is 0 Å². The van der Waals surface area contributed by atoms with Gasteiger partial charge in [-0.2, -0.15) is 0 Å². The summed E-state index contributed by atoms with van der Waals surface area (Å²) in [4.78, 5) is 4.58. The van der Waals surface area contributed by atoms with Gasteiger partial charge in [-0.1, -0.05) is 18.2 Å². The van der Waals surface area contributed by atoms with Crippen LogP contribution in [0.2, 0.25) is 0 Å². The van der Waals surface area contributed by atoms with Crippen LogP contribution in [0.5, 0.6) is 5.75 Å². The Labute approximate surface area is 156 Å². The molecule has 0 fully saturated rings. The molecular formula is C18H28IN3O. The van der Waals surface area contributed by atoms with E-state index in [0.29, 0.717) is 19.2 Å². The van der Waals surface area contributed by atoms with Crippen molar-refractivity contribution in [3.05, 3.63) is 41.5 Å². The topological polar surface area (TPSA) is 45.7 Å². The number of guanidine groups is 1. The molecule has 23 heavy (non-hydrogen) atoms. The number of aryl methyl sites for hydroxylation is 2. The minimum atomic E-state index is 0. The highest BCUT2D eigenvalue weighted by Crippen LogP contribution is 2.15. The van der Waals surface area contributed by atoms with Crippen molar-refractivity contribution in [2.45, 2.75) is 39.7 Å². The fraction of sp³-hybridized carbons (Fsp3) is 0.500. The molecule has 0 saturated heterocycles. The van der Waals surface area contributed by atoms with Gasteiger partial charge in [0.15, 0.2) is 5.96 Å². The van der Waals surface area contributed by atoms with Gasteiger partial charge in [0.05, 0.1) is 6.54 Å². The Morgan fingerprint density at radius 3 is 2.43 bits per heavy atom. The fourth-order valence-electron chi connectivity index (χ4n) is 2.59. The van der Waals surface area contributed by atoms with E-state index in [2.05, 4.69) is 66.7 Å². The first-order chi connectivity index (χ1) is 10.7. The van der Waals surface area contributed by atoms with Crippen molar-refractivity contribution in [3.8, 4) is 5.75 Å². The molecule has 0 radical (unpaired) electrons. The molecule has 2 N–H and O–H groups in total. The van der Waals surface area contributed by atoms with Crippen LogP contribution in [0, 0.1) is 13.8 Å². The zero-order chi connectivity index (χ0) is 15.8. The van der Waals surface area contributed by atoms with Crippen LogP contribution in [0.1, 0.15) is 30.9 Å². The molecule has 1 aromatic rings. The van der Waals surface area contributed by atoms with Crippen LogP contribution >= 0.6 is 24.0 Å². The Morgan fingerprint density at radius 1 is 1.17 bits per heavy atom. The number of hydrogen-bond acceptors (Lipinski definition) is 2. The monoisotopic (exact) mass is 429 g/mol. The number of ether oxygens (including phenoxy) is 1. The van der Waals surface area contributed by atoms with E-state index in [0.717, 1.165) is 31.1 Å². The zero-order valence-electron chi connectivity index (χ0n) is 14.3. The minimum Gasteiger partial charge on any atom is -0.492 e. The summed E-state index contributed by atoms with van der Waals surface area (Å²) in [5.74, 6) is 1.80. The maximum Gasteiger partial charge on any atom is 0.191 e. The first kappa shape index (κ1) is 19.8. The van der Waals surface area contributed by atoms with Gasteiger partial charge in [0.2, 0.25) is 0 Å². The first-order valence-corrected chi connectivity index (χ1v) is 8.08. The van der Waals surface area contributed by atoms with Gasteiger partial charge in [0.1, 0.15) is 12.4 Å². The summed E-state index contributed by atoms with van der Waals surface area (Å²) in [5.41, 5.74) is 2.45.